The lowest BCUT2D eigenvalue weighted by molar-refractivity contribution is -0.120. The van der Waals surface area contributed by atoms with Crippen molar-refractivity contribution < 1.29 is 13.9 Å². The van der Waals surface area contributed by atoms with E-state index in [0.29, 0.717) is 27.6 Å². The summed E-state index contributed by atoms with van der Waals surface area (Å²) in [6.07, 6.45) is 0. The Labute approximate surface area is 172 Å². The summed E-state index contributed by atoms with van der Waals surface area (Å²) >= 11 is 1.29. The van der Waals surface area contributed by atoms with Gasteiger partial charge in [-0.1, -0.05) is 59.4 Å². The highest BCUT2D eigenvalue weighted by Crippen LogP contribution is 2.30. The van der Waals surface area contributed by atoms with Crippen molar-refractivity contribution in [3.8, 4) is 5.75 Å². The molecule has 0 bridgehead atoms. The first-order valence-electron chi connectivity index (χ1n) is 9.18. The molecule has 29 heavy (non-hydrogen) atoms. The molecule has 0 fully saturated rings. The molecule has 0 aliphatic carbocycles. The maximum Gasteiger partial charge on any atom is 0.267 e. The third-order valence-electron chi connectivity index (χ3n) is 4.44. The predicted octanol–water partition coefficient (Wildman–Crippen LogP) is 5.36. The molecule has 0 aliphatic rings. The van der Waals surface area contributed by atoms with Gasteiger partial charge in [0.1, 0.15) is 11.6 Å². The molecular formula is C23H19FN2O2S. The summed E-state index contributed by atoms with van der Waals surface area (Å²) < 4.78 is 19.9. The first-order chi connectivity index (χ1) is 14.1. The highest BCUT2D eigenvalue weighted by molar-refractivity contribution is 7.22. The maximum atomic E-state index is 13.6. The number of anilines is 1. The Hall–Kier alpha value is -3.25. The van der Waals surface area contributed by atoms with Crippen LogP contribution in [0.3, 0.4) is 0 Å². The van der Waals surface area contributed by atoms with Gasteiger partial charge < -0.3 is 4.74 Å². The number of carbonyl (C=O) groups is 1. The van der Waals surface area contributed by atoms with Gasteiger partial charge in [0.15, 0.2) is 11.7 Å². The fraction of sp³-hybridized carbons (Fsp3) is 0.130. The van der Waals surface area contributed by atoms with Gasteiger partial charge in [0.25, 0.3) is 5.91 Å². The van der Waals surface area contributed by atoms with E-state index in [1.54, 1.807) is 11.0 Å². The number of rotatable bonds is 6. The average Bonchev–Trinajstić information content (AvgIpc) is 3.15. The van der Waals surface area contributed by atoms with E-state index in [9.17, 15) is 9.18 Å². The number of halogens is 1. The van der Waals surface area contributed by atoms with Crippen molar-refractivity contribution >= 4 is 32.6 Å². The van der Waals surface area contributed by atoms with Gasteiger partial charge in [0.2, 0.25) is 0 Å². The molecule has 6 heteroatoms. The molecular weight excluding hydrogens is 387 g/mol. The summed E-state index contributed by atoms with van der Waals surface area (Å²) in [6.45, 7) is 2.24. The summed E-state index contributed by atoms with van der Waals surface area (Å²) in [6, 6.07) is 21.7. The quantitative estimate of drug-likeness (QED) is 0.433. The third-order valence-corrected chi connectivity index (χ3v) is 5.48. The summed E-state index contributed by atoms with van der Waals surface area (Å²) in [7, 11) is 0. The highest BCUT2D eigenvalue weighted by atomic mass is 32.1. The van der Waals surface area contributed by atoms with Gasteiger partial charge in [-0.25, -0.2) is 9.37 Å². The van der Waals surface area contributed by atoms with Gasteiger partial charge in [-0.3, -0.25) is 9.69 Å². The molecule has 4 nitrogen and oxygen atoms in total. The van der Waals surface area contributed by atoms with E-state index in [0.717, 1.165) is 11.1 Å². The second kappa shape index (κ2) is 8.41. The number of amides is 1. The number of aryl methyl sites for hydroxylation is 1. The Morgan fingerprint density at radius 1 is 1.07 bits per heavy atom. The van der Waals surface area contributed by atoms with E-state index in [4.69, 9.17) is 4.74 Å². The average molecular weight is 406 g/mol. The van der Waals surface area contributed by atoms with Gasteiger partial charge in [-0.2, -0.15) is 0 Å². The lowest BCUT2D eigenvalue weighted by Gasteiger charge is -2.20. The standard InChI is InChI=1S/C23H19FN2O2S/c1-16-7-10-19(11-8-16)28-15-22(27)26(14-17-5-3-2-4-6-17)23-25-20-12-9-18(24)13-21(20)29-23/h2-13H,14-15H2,1H3. The molecule has 0 saturated heterocycles. The molecule has 0 spiro atoms. The molecule has 4 aromatic rings. The van der Waals surface area contributed by atoms with Crippen LogP contribution in [0.2, 0.25) is 0 Å². The Kier molecular flexibility index (Phi) is 5.53. The number of hydrogen-bond donors (Lipinski definition) is 0. The maximum absolute atomic E-state index is 13.6. The number of nitrogens with zero attached hydrogens (tertiary/aromatic N) is 2. The van der Waals surface area contributed by atoms with Crippen LogP contribution in [0.1, 0.15) is 11.1 Å². The SMILES string of the molecule is Cc1ccc(OCC(=O)N(Cc2ccccc2)c2nc3ccc(F)cc3s2)cc1. The monoisotopic (exact) mass is 406 g/mol. The van der Waals surface area contributed by atoms with E-state index in [1.807, 2.05) is 61.5 Å². The van der Waals surface area contributed by atoms with Gasteiger partial charge in [0.05, 0.1) is 16.8 Å². The smallest absolute Gasteiger partial charge is 0.267 e. The minimum absolute atomic E-state index is 0.111. The van der Waals surface area contributed by atoms with Crippen molar-refractivity contribution in [3.05, 3.63) is 89.7 Å². The lowest BCUT2D eigenvalue weighted by Crippen LogP contribution is -2.34. The third kappa shape index (κ3) is 4.60. The molecule has 0 unspecified atom stereocenters. The molecule has 0 N–H and O–H groups in total. The van der Waals surface area contributed by atoms with E-state index < -0.39 is 0 Å². The molecule has 4 rings (SSSR count). The van der Waals surface area contributed by atoms with Crippen molar-refractivity contribution in [2.45, 2.75) is 13.5 Å². The molecule has 1 aromatic heterocycles. The second-order valence-corrected chi connectivity index (χ2v) is 7.68. The van der Waals surface area contributed by atoms with Crippen LogP contribution in [0.4, 0.5) is 9.52 Å². The van der Waals surface area contributed by atoms with Crippen molar-refractivity contribution in [2.24, 2.45) is 0 Å². The molecule has 0 radical (unpaired) electrons. The zero-order valence-electron chi connectivity index (χ0n) is 15.8. The summed E-state index contributed by atoms with van der Waals surface area (Å²) in [5.41, 5.74) is 2.76. The molecule has 3 aromatic carbocycles. The number of ether oxygens (including phenoxy) is 1. The zero-order valence-corrected chi connectivity index (χ0v) is 16.7. The number of hydrogen-bond acceptors (Lipinski definition) is 4. The summed E-state index contributed by atoms with van der Waals surface area (Å²) in [5, 5.41) is 0.520. The van der Waals surface area contributed by atoms with Crippen LogP contribution in [0, 0.1) is 12.7 Å². The van der Waals surface area contributed by atoms with Crippen LogP contribution < -0.4 is 9.64 Å². The fourth-order valence-corrected chi connectivity index (χ4v) is 3.89. The Bertz CT molecular complexity index is 1130. The van der Waals surface area contributed by atoms with Crippen LogP contribution in [0.5, 0.6) is 5.75 Å². The van der Waals surface area contributed by atoms with E-state index in [1.165, 1.54) is 23.5 Å². The molecule has 0 saturated carbocycles. The first kappa shape index (κ1) is 19.1. The summed E-state index contributed by atoms with van der Waals surface area (Å²) in [4.78, 5) is 19.2. The molecule has 1 heterocycles. The first-order valence-corrected chi connectivity index (χ1v) is 10.00. The number of aromatic nitrogens is 1. The van der Waals surface area contributed by atoms with Crippen molar-refractivity contribution in [3.63, 3.8) is 0 Å². The number of benzene rings is 3. The second-order valence-electron chi connectivity index (χ2n) is 6.68. The Morgan fingerprint density at radius 3 is 2.59 bits per heavy atom. The van der Waals surface area contributed by atoms with E-state index in [-0.39, 0.29) is 18.3 Å². The molecule has 1 amide bonds. The minimum Gasteiger partial charge on any atom is -0.484 e. The lowest BCUT2D eigenvalue weighted by atomic mass is 10.2. The molecule has 146 valence electrons. The minimum atomic E-state index is -0.323. The van der Waals surface area contributed by atoms with Crippen LogP contribution >= 0.6 is 11.3 Å². The molecule has 0 atom stereocenters. The van der Waals surface area contributed by atoms with Crippen molar-refractivity contribution in [2.75, 3.05) is 11.5 Å². The van der Waals surface area contributed by atoms with Crippen molar-refractivity contribution in [1.29, 1.82) is 0 Å². The van der Waals surface area contributed by atoms with E-state index in [2.05, 4.69) is 4.98 Å². The van der Waals surface area contributed by atoms with Gasteiger partial charge in [-0.15, -0.1) is 0 Å². The van der Waals surface area contributed by atoms with Gasteiger partial charge in [-0.05, 0) is 42.8 Å². The van der Waals surface area contributed by atoms with Crippen LogP contribution in [-0.4, -0.2) is 17.5 Å². The number of fused-ring (bicyclic) bond motifs is 1. The Morgan fingerprint density at radius 2 is 1.83 bits per heavy atom. The normalized spacial score (nSPS) is 10.8. The van der Waals surface area contributed by atoms with Crippen molar-refractivity contribution in [1.82, 2.24) is 4.98 Å². The zero-order chi connectivity index (χ0) is 20.2. The van der Waals surface area contributed by atoms with Crippen LogP contribution in [0.25, 0.3) is 10.2 Å². The number of thiazole rings is 1. The van der Waals surface area contributed by atoms with Gasteiger partial charge >= 0.3 is 0 Å². The van der Waals surface area contributed by atoms with Crippen LogP contribution in [0.15, 0.2) is 72.8 Å². The van der Waals surface area contributed by atoms with E-state index >= 15 is 0 Å². The largest absolute Gasteiger partial charge is 0.484 e. The number of carbonyl (C=O) groups excluding carboxylic acids is 1. The van der Waals surface area contributed by atoms with Crippen LogP contribution in [-0.2, 0) is 11.3 Å². The topological polar surface area (TPSA) is 42.4 Å². The molecule has 0 aliphatic heterocycles. The summed E-state index contributed by atoms with van der Waals surface area (Å²) in [5.74, 6) is 0.0975. The fourth-order valence-electron chi connectivity index (χ4n) is 2.89. The highest BCUT2D eigenvalue weighted by Gasteiger charge is 2.21. The van der Waals surface area contributed by atoms with Gasteiger partial charge in [0, 0.05) is 0 Å². The predicted molar refractivity (Wildman–Crippen MR) is 114 cm³/mol. The Balaban J connectivity index is 1.59.